The zero-order valence-electron chi connectivity index (χ0n) is 11.4. The van der Waals surface area contributed by atoms with Crippen molar-refractivity contribution in [2.45, 2.75) is 53.4 Å². The van der Waals surface area contributed by atoms with Crippen LogP contribution in [0, 0.1) is 0 Å². The number of allylic oxidation sites excluding steroid dienone is 5. The second-order valence-corrected chi connectivity index (χ2v) is 4.72. The van der Waals surface area contributed by atoms with Gasteiger partial charge in [0.05, 0.1) is 5.97 Å². The second-order valence-electron chi connectivity index (χ2n) is 4.72. The highest BCUT2D eigenvalue weighted by Crippen LogP contribution is 2.11. The maximum Gasteiger partial charge on any atom is 0.0642 e. The van der Waals surface area contributed by atoms with E-state index in [4.69, 9.17) is 0 Å². The molecule has 0 spiro atoms. The maximum absolute atomic E-state index is 10.3. The lowest BCUT2D eigenvalue weighted by Crippen LogP contribution is -2.19. The fourth-order valence-electron chi connectivity index (χ4n) is 1.51. The van der Waals surface area contributed by atoms with Gasteiger partial charge in [0, 0.05) is 0 Å². The van der Waals surface area contributed by atoms with Gasteiger partial charge in [0.15, 0.2) is 0 Å². The molecule has 0 unspecified atom stereocenters. The molecule has 0 heterocycles. The monoisotopic (exact) mass is 235 g/mol. The summed E-state index contributed by atoms with van der Waals surface area (Å²) in [6.07, 6.45) is 9.44. The number of carbonyl (C=O) groups is 1. The molecule has 17 heavy (non-hydrogen) atoms. The van der Waals surface area contributed by atoms with Crippen molar-refractivity contribution in [3.05, 3.63) is 34.9 Å². The van der Waals surface area contributed by atoms with Gasteiger partial charge in [0.25, 0.3) is 0 Å². The average Bonchev–Trinajstić information content (AvgIpc) is 2.15. The minimum Gasteiger partial charge on any atom is -0.545 e. The van der Waals surface area contributed by atoms with Crippen LogP contribution in [0.4, 0.5) is 0 Å². The van der Waals surface area contributed by atoms with E-state index in [9.17, 15) is 9.90 Å². The molecule has 0 aromatic rings. The zero-order chi connectivity index (χ0) is 13.3. The topological polar surface area (TPSA) is 40.1 Å². The summed E-state index contributed by atoms with van der Waals surface area (Å²) in [5, 5.41) is 10.3. The largest absolute Gasteiger partial charge is 0.545 e. The van der Waals surface area contributed by atoms with E-state index in [1.807, 2.05) is 6.92 Å². The Morgan fingerprint density at radius 2 is 1.47 bits per heavy atom. The van der Waals surface area contributed by atoms with Crippen LogP contribution in [-0.2, 0) is 4.79 Å². The van der Waals surface area contributed by atoms with Gasteiger partial charge in [0.1, 0.15) is 0 Å². The van der Waals surface area contributed by atoms with E-state index in [1.54, 1.807) is 0 Å². The summed E-state index contributed by atoms with van der Waals surface area (Å²) in [5.74, 6) is -1.10. The van der Waals surface area contributed by atoms with E-state index in [-0.39, 0.29) is 0 Å². The van der Waals surface area contributed by atoms with Crippen molar-refractivity contribution in [1.29, 1.82) is 0 Å². The van der Waals surface area contributed by atoms with Crippen molar-refractivity contribution in [3.63, 3.8) is 0 Å². The molecule has 0 N–H and O–H groups in total. The summed E-state index contributed by atoms with van der Waals surface area (Å²) in [6.45, 7) is 8.15. The molecule has 0 saturated carbocycles. The molecule has 0 aliphatic rings. The second kappa shape index (κ2) is 8.80. The lowest BCUT2D eigenvalue weighted by Gasteiger charge is -2.01. The SMILES string of the molecule is CC(C)=CCC/C(C)=C/CC/C(C)=C/C(=O)[O-]. The fraction of sp³-hybridized carbons (Fsp3) is 0.533. The van der Waals surface area contributed by atoms with Gasteiger partial charge < -0.3 is 9.90 Å². The molecule has 2 heteroatoms. The summed E-state index contributed by atoms with van der Waals surface area (Å²) in [4.78, 5) is 10.3. The summed E-state index contributed by atoms with van der Waals surface area (Å²) in [7, 11) is 0. The van der Waals surface area contributed by atoms with E-state index in [1.165, 1.54) is 17.2 Å². The molecule has 0 aliphatic carbocycles. The highest BCUT2D eigenvalue weighted by Gasteiger charge is 1.91. The van der Waals surface area contributed by atoms with Gasteiger partial charge >= 0.3 is 0 Å². The van der Waals surface area contributed by atoms with Crippen LogP contribution < -0.4 is 5.11 Å². The first-order valence-corrected chi connectivity index (χ1v) is 6.09. The van der Waals surface area contributed by atoms with E-state index >= 15 is 0 Å². The Bertz CT molecular complexity index is 329. The predicted octanol–water partition coefficient (Wildman–Crippen LogP) is 3.16. The smallest absolute Gasteiger partial charge is 0.0642 e. The zero-order valence-corrected chi connectivity index (χ0v) is 11.4. The van der Waals surface area contributed by atoms with Gasteiger partial charge in [-0.05, 0) is 59.5 Å². The molecule has 0 saturated heterocycles. The number of carboxylic acid groups (broad SMARTS) is 1. The minimum absolute atomic E-state index is 0.786. The summed E-state index contributed by atoms with van der Waals surface area (Å²) < 4.78 is 0. The molecule has 0 atom stereocenters. The van der Waals surface area contributed by atoms with Crippen molar-refractivity contribution >= 4 is 5.97 Å². The Kier molecular flexibility index (Phi) is 8.12. The molecule has 0 bridgehead atoms. The standard InChI is InChI=1S/C15H24O2/c1-12(2)7-5-8-13(3)9-6-10-14(4)11-15(16)17/h7,9,11H,5-6,8,10H2,1-4H3,(H,16,17)/p-1/b13-9+,14-11+. The number of carbonyl (C=O) groups excluding carboxylic acids is 1. The van der Waals surface area contributed by atoms with Crippen molar-refractivity contribution in [2.24, 2.45) is 0 Å². The van der Waals surface area contributed by atoms with Crippen LogP contribution in [0.2, 0.25) is 0 Å². The minimum atomic E-state index is -1.10. The lowest BCUT2D eigenvalue weighted by atomic mass is 10.1. The number of aliphatic carboxylic acids is 1. The summed E-state index contributed by atoms with van der Waals surface area (Å²) >= 11 is 0. The van der Waals surface area contributed by atoms with Crippen LogP contribution in [0.15, 0.2) is 34.9 Å². The van der Waals surface area contributed by atoms with Gasteiger partial charge in [-0.25, -0.2) is 0 Å². The number of hydrogen-bond acceptors (Lipinski definition) is 2. The van der Waals surface area contributed by atoms with Crippen LogP contribution in [0.3, 0.4) is 0 Å². The number of rotatable bonds is 7. The molecule has 2 nitrogen and oxygen atoms in total. The predicted molar refractivity (Wildman–Crippen MR) is 70.4 cm³/mol. The van der Waals surface area contributed by atoms with Gasteiger partial charge in [-0.1, -0.05) is 28.9 Å². The third-order valence-electron chi connectivity index (χ3n) is 2.49. The van der Waals surface area contributed by atoms with E-state index in [0.29, 0.717) is 0 Å². The summed E-state index contributed by atoms with van der Waals surface area (Å²) in [5.41, 5.74) is 3.58. The van der Waals surface area contributed by atoms with Crippen molar-refractivity contribution in [3.8, 4) is 0 Å². The highest BCUT2D eigenvalue weighted by atomic mass is 16.4. The average molecular weight is 235 g/mol. The van der Waals surface area contributed by atoms with Gasteiger partial charge in [-0.3, -0.25) is 0 Å². The first-order valence-electron chi connectivity index (χ1n) is 6.09. The molecule has 96 valence electrons. The Morgan fingerprint density at radius 1 is 0.941 bits per heavy atom. The van der Waals surface area contributed by atoms with Crippen LogP contribution in [-0.4, -0.2) is 5.97 Å². The molecule has 0 amide bonds. The molecule has 0 fully saturated rings. The molecule has 0 radical (unpaired) electrons. The van der Waals surface area contributed by atoms with Crippen LogP contribution in [0.1, 0.15) is 53.4 Å². The van der Waals surface area contributed by atoms with Gasteiger partial charge in [-0.2, -0.15) is 0 Å². The van der Waals surface area contributed by atoms with Crippen molar-refractivity contribution in [1.82, 2.24) is 0 Å². The van der Waals surface area contributed by atoms with E-state index < -0.39 is 5.97 Å². The molecular weight excluding hydrogens is 212 g/mol. The Morgan fingerprint density at radius 3 is 2.00 bits per heavy atom. The van der Waals surface area contributed by atoms with Crippen LogP contribution >= 0.6 is 0 Å². The van der Waals surface area contributed by atoms with Crippen LogP contribution in [0.5, 0.6) is 0 Å². The molecule has 0 aromatic carbocycles. The highest BCUT2D eigenvalue weighted by molar-refractivity contribution is 5.78. The Balaban J connectivity index is 3.92. The molecule has 0 aliphatic heterocycles. The van der Waals surface area contributed by atoms with Crippen LogP contribution in [0.25, 0.3) is 0 Å². The normalized spacial score (nSPS) is 12.5. The van der Waals surface area contributed by atoms with Crippen molar-refractivity contribution < 1.29 is 9.90 Å². The van der Waals surface area contributed by atoms with E-state index in [2.05, 4.69) is 32.9 Å². The lowest BCUT2D eigenvalue weighted by molar-refractivity contribution is -0.297. The molecular formula is C15H23O2-. The van der Waals surface area contributed by atoms with E-state index in [0.717, 1.165) is 31.3 Å². The number of carboxylic acids is 1. The quantitative estimate of drug-likeness (QED) is 0.502. The van der Waals surface area contributed by atoms with Gasteiger partial charge in [0.2, 0.25) is 0 Å². The summed E-state index contributed by atoms with van der Waals surface area (Å²) in [6, 6.07) is 0. The molecule has 0 rings (SSSR count). The first kappa shape index (κ1) is 15.7. The third-order valence-corrected chi connectivity index (χ3v) is 2.49. The maximum atomic E-state index is 10.3. The first-order chi connectivity index (χ1) is 7.91. The number of hydrogen-bond donors (Lipinski definition) is 0. The van der Waals surface area contributed by atoms with Gasteiger partial charge in [-0.15, -0.1) is 0 Å². The fourth-order valence-corrected chi connectivity index (χ4v) is 1.51. The Hall–Kier alpha value is -1.31. The third kappa shape index (κ3) is 11.0. The Labute approximate surface area is 105 Å². The molecule has 0 aromatic heterocycles. The van der Waals surface area contributed by atoms with Crippen molar-refractivity contribution in [2.75, 3.05) is 0 Å².